The minimum Gasteiger partial charge on any atom is -0.406 e. The van der Waals surface area contributed by atoms with Gasteiger partial charge in [-0.25, -0.2) is 4.99 Å². The number of halogens is 4. The van der Waals surface area contributed by atoms with Gasteiger partial charge in [0.1, 0.15) is 12.3 Å². The predicted octanol–water partition coefficient (Wildman–Crippen LogP) is 1.68. The Hall–Kier alpha value is -1.72. The molecule has 4 N–H and O–H groups in total. The molecule has 0 fully saturated rings. The van der Waals surface area contributed by atoms with Crippen molar-refractivity contribution in [1.82, 2.24) is 5.32 Å². The molecule has 1 amide bonds. The maximum Gasteiger partial charge on any atom is 0.573 e. The molecule has 1 aromatic rings. The molecule has 1 rings (SSSR count). The summed E-state index contributed by atoms with van der Waals surface area (Å²) in [4.78, 5) is 14.6. The molecule has 0 aliphatic heterocycles. The quantitative estimate of drug-likeness (QED) is 0.395. The second-order valence-electron chi connectivity index (χ2n) is 3.58. The number of aliphatic imine (C=N–C) groups is 1. The Kier molecular flexibility index (Phi) is 7.84. The van der Waals surface area contributed by atoms with E-state index < -0.39 is 6.36 Å². The van der Waals surface area contributed by atoms with Gasteiger partial charge < -0.3 is 21.1 Å². The lowest BCUT2D eigenvalue weighted by atomic mass is 10.3. The average molecular weight is 418 g/mol. The summed E-state index contributed by atoms with van der Waals surface area (Å²) in [6.07, 6.45) is -4.77. The zero-order valence-corrected chi connectivity index (χ0v) is 13.2. The number of nitrogens with zero attached hydrogens (tertiary/aromatic N) is 1. The predicted molar refractivity (Wildman–Crippen MR) is 82.7 cm³/mol. The largest absolute Gasteiger partial charge is 0.573 e. The second kappa shape index (κ2) is 8.54. The van der Waals surface area contributed by atoms with Crippen LogP contribution in [-0.2, 0) is 4.79 Å². The number of anilines is 1. The maximum absolute atomic E-state index is 12.0. The number of benzene rings is 1. The summed E-state index contributed by atoms with van der Waals surface area (Å²) in [6.45, 7) is -0.186. The van der Waals surface area contributed by atoms with Crippen LogP contribution in [0.15, 0.2) is 29.3 Å². The van der Waals surface area contributed by atoms with Crippen molar-refractivity contribution in [2.45, 2.75) is 6.36 Å². The number of hydrogen-bond donors (Lipinski definition) is 3. The summed E-state index contributed by atoms with van der Waals surface area (Å²) in [5.74, 6) is -0.830. The van der Waals surface area contributed by atoms with Crippen LogP contribution in [0.5, 0.6) is 5.75 Å². The Morgan fingerprint density at radius 3 is 2.67 bits per heavy atom. The first-order valence-corrected chi connectivity index (χ1v) is 5.43. The zero-order chi connectivity index (χ0) is 15.2. The number of ether oxygens (including phenoxy) is 1. The van der Waals surface area contributed by atoms with Gasteiger partial charge in [-0.05, 0) is 12.1 Å². The Labute approximate surface area is 136 Å². The van der Waals surface area contributed by atoms with Crippen LogP contribution in [0.25, 0.3) is 0 Å². The van der Waals surface area contributed by atoms with Gasteiger partial charge in [0.15, 0.2) is 5.96 Å². The van der Waals surface area contributed by atoms with Crippen LogP contribution < -0.4 is 21.1 Å². The summed E-state index contributed by atoms with van der Waals surface area (Å²) < 4.78 is 39.9. The van der Waals surface area contributed by atoms with Crippen molar-refractivity contribution in [3.63, 3.8) is 0 Å². The van der Waals surface area contributed by atoms with E-state index in [4.69, 9.17) is 5.73 Å². The van der Waals surface area contributed by atoms with E-state index in [2.05, 4.69) is 20.4 Å². The van der Waals surface area contributed by atoms with E-state index in [1.165, 1.54) is 19.2 Å². The molecule has 0 bridgehead atoms. The molecule has 0 atom stereocenters. The second-order valence-corrected chi connectivity index (χ2v) is 3.58. The minimum absolute atomic E-state index is 0. The summed E-state index contributed by atoms with van der Waals surface area (Å²) in [6, 6.07) is 5.09. The molecular weight excluding hydrogens is 404 g/mol. The van der Waals surface area contributed by atoms with Gasteiger partial charge in [-0.3, -0.25) is 4.79 Å². The van der Waals surface area contributed by atoms with Gasteiger partial charge in [0.2, 0.25) is 5.91 Å². The van der Waals surface area contributed by atoms with Gasteiger partial charge in [-0.15, -0.1) is 37.1 Å². The molecule has 0 radical (unpaired) electrons. The first-order valence-electron chi connectivity index (χ1n) is 5.43. The van der Waals surface area contributed by atoms with Gasteiger partial charge in [0, 0.05) is 18.8 Å². The number of alkyl halides is 3. The Bertz CT molecular complexity index is 508. The lowest BCUT2D eigenvalue weighted by molar-refractivity contribution is -0.274. The number of nitrogens with two attached hydrogens (primary N) is 1. The fraction of sp³-hybridized carbons (Fsp3) is 0.273. The van der Waals surface area contributed by atoms with E-state index in [-0.39, 0.29) is 53.8 Å². The molecule has 10 heteroatoms. The summed E-state index contributed by atoms with van der Waals surface area (Å²) in [5.41, 5.74) is 5.74. The number of nitrogens with one attached hydrogen (secondary N) is 2. The molecule has 0 aliphatic carbocycles. The summed E-state index contributed by atoms with van der Waals surface area (Å²) in [5, 5.41) is 4.89. The van der Waals surface area contributed by atoms with E-state index >= 15 is 0 Å². The highest BCUT2D eigenvalue weighted by molar-refractivity contribution is 14.0. The van der Waals surface area contributed by atoms with Crippen LogP contribution in [-0.4, -0.2) is 31.8 Å². The van der Waals surface area contributed by atoms with Crippen molar-refractivity contribution in [3.8, 4) is 5.75 Å². The molecule has 118 valence electrons. The van der Waals surface area contributed by atoms with E-state index in [0.717, 1.165) is 12.1 Å². The van der Waals surface area contributed by atoms with Gasteiger partial charge in [0.25, 0.3) is 0 Å². The highest BCUT2D eigenvalue weighted by atomic mass is 127. The van der Waals surface area contributed by atoms with E-state index in [0.29, 0.717) is 0 Å². The number of carbonyl (C=O) groups is 1. The minimum atomic E-state index is -4.77. The highest BCUT2D eigenvalue weighted by Crippen LogP contribution is 2.24. The standard InChI is InChI=1S/C11H13F3N4O2.HI/c1-16-9(19)6-17-10(15)18-7-3-2-4-8(5-7)20-11(12,13)14;/h2-5H,6H2,1H3,(H,16,19)(H3,15,17,18);1H. The Balaban J connectivity index is 0.00000400. The molecule has 0 saturated carbocycles. The molecule has 0 saturated heterocycles. The normalized spacial score (nSPS) is 11.3. The van der Waals surface area contributed by atoms with Crippen molar-refractivity contribution in [2.24, 2.45) is 10.7 Å². The number of rotatable bonds is 4. The SMILES string of the molecule is CNC(=O)CN=C(N)Nc1cccc(OC(F)(F)F)c1.I. The van der Waals surface area contributed by atoms with Gasteiger partial charge in [0.05, 0.1) is 0 Å². The highest BCUT2D eigenvalue weighted by Gasteiger charge is 2.31. The van der Waals surface area contributed by atoms with Crippen molar-refractivity contribution in [1.29, 1.82) is 0 Å². The van der Waals surface area contributed by atoms with Gasteiger partial charge in [-0.2, -0.15) is 0 Å². The van der Waals surface area contributed by atoms with Crippen LogP contribution in [0.2, 0.25) is 0 Å². The maximum atomic E-state index is 12.0. The van der Waals surface area contributed by atoms with Crippen LogP contribution in [0.1, 0.15) is 0 Å². The third kappa shape index (κ3) is 8.22. The monoisotopic (exact) mass is 418 g/mol. The molecule has 0 spiro atoms. The molecule has 0 aromatic heterocycles. The fourth-order valence-corrected chi connectivity index (χ4v) is 1.19. The molecule has 21 heavy (non-hydrogen) atoms. The van der Waals surface area contributed by atoms with Gasteiger partial charge in [-0.1, -0.05) is 6.07 Å². The molecule has 6 nitrogen and oxygen atoms in total. The zero-order valence-electron chi connectivity index (χ0n) is 10.9. The van der Waals surface area contributed by atoms with Crippen LogP contribution >= 0.6 is 24.0 Å². The van der Waals surface area contributed by atoms with E-state index in [9.17, 15) is 18.0 Å². The van der Waals surface area contributed by atoms with Crippen molar-refractivity contribution in [2.75, 3.05) is 18.9 Å². The number of hydrogen-bond acceptors (Lipinski definition) is 3. The third-order valence-electron chi connectivity index (χ3n) is 2.01. The summed E-state index contributed by atoms with van der Waals surface area (Å²) in [7, 11) is 1.44. The fourth-order valence-electron chi connectivity index (χ4n) is 1.19. The van der Waals surface area contributed by atoms with Crippen LogP contribution in [0.4, 0.5) is 18.9 Å². The molecule has 1 aromatic carbocycles. The van der Waals surface area contributed by atoms with Crippen LogP contribution in [0, 0.1) is 0 Å². The van der Waals surface area contributed by atoms with Crippen LogP contribution in [0.3, 0.4) is 0 Å². The Morgan fingerprint density at radius 2 is 2.10 bits per heavy atom. The molecular formula is C11H14F3IN4O2. The molecule has 0 heterocycles. The average Bonchev–Trinajstić information content (AvgIpc) is 2.34. The van der Waals surface area contributed by atoms with Crippen molar-refractivity contribution < 1.29 is 22.7 Å². The van der Waals surface area contributed by atoms with Crippen molar-refractivity contribution >= 4 is 41.5 Å². The van der Waals surface area contributed by atoms with Crippen molar-refractivity contribution in [3.05, 3.63) is 24.3 Å². The number of likely N-dealkylation sites (N-methyl/N-ethyl adjacent to an activating group) is 1. The number of amides is 1. The third-order valence-corrected chi connectivity index (χ3v) is 2.01. The van der Waals surface area contributed by atoms with E-state index in [1.807, 2.05) is 0 Å². The number of carbonyl (C=O) groups excluding carboxylic acids is 1. The lowest BCUT2D eigenvalue weighted by Crippen LogP contribution is -2.27. The molecule has 0 unspecified atom stereocenters. The lowest BCUT2D eigenvalue weighted by Gasteiger charge is -2.10. The molecule has 0 aliphatic rings. The topological polar surface area (TPSA) is 88.7 Å². The smallest absolute Gasteiger partial charge is 0.406 e. The van der Waals surface area contributed by atoms with Gasteiger partial charge >= 0.3 is 6.36 Å². The Morgan fingerprint density at radius 1 is 1.43 bits per heavy atom. The first kappa shape index (κ1) is 19.3. The van der Waals surface area contributed by atoms with E-state index in [1.54, 1.807) is 0 Å². The first-order chi connectivity index (χ1) is 9.30. The summed E-state index contributed by atoms with van der Waals surface area (Å²) >= 11 is 0. The number of guanidine groups is 1.